The molecule has 1 aliphatic heterocycles. The molecule has 0 fully saturated rings. The summed E-state index contributed by atoms with van der Waals surface area (Å²) in [5, 5.41) is 0. The Morgan fingerprint density at radius 1 is 1.23 bits per heavy atom. The van der Waals surface area contributed by atoms with Crippen molar-refractivity contribution in [1.29, 1.82) is 0 Å². The first kappa shape index (κ1) is 16.6. The molecular weight excluding hydrogens is 280 g/mol. The molecule has 2 rings (SSSR count). The van der Waals surface area contributed by atoms with Gasteiger partial charge in [-0.3, -0.25) is 4.79 Å². The first-order chi connectivity index (χ1) is 10.7. The quantitative estimate of drug-likeness (QED) is 0.801. The van der Waals surface area contributed by atoms with Crippen molar-refractivity contribution in [2.45, 2.75) is 39.0 Å². The van der Waals surface area contributed by atoms with Crippen LogP contribution in [0, 0.1) is 0 Å². The molecule has 1 amide bonds. The fourth-order valence-electron chi connectivity index (χ4n) is 2.75. The van der Waals surface area contributed by atoms with Gasteiger partial charge in [-0.15, -0.1) is 0 Å². The topological polar surface area (TPSA) is 64.8 Å². The van der Waals surface area contributed by atoms with Gasteiger partial charge in [-0.05, 0) is 37.1 Å². The Kier molecular flexibility index (Phi) is 6.07. The summed E-state index contributed by atoms with van der Waals surface area (Å²) in [6, 6.07) is 5.81. The van der Waals surface area contributed by atoms with Crippen molar-refractivity contribution < 1.29 is 14.3 Å². The highest BCUT2D eigenvalue weighted by Crippen LogP contribution is 2.35. The van der Waals surface area contributed by atoms with Gasteiger partial charge in [0.05, 0.1) is 0 Å². The summed E-state index contributed by atoms with van der Waals surface area (Å²) in [4.78, 5) is 14.5. The smallest absolute Gasteiger partial charge is 0.231 e. The lowest BCUT2D eigenvalue weighted by atomic mass is 9.94. The van der Waals surface area contributed by atoms with Gasteiger partial charge in [0.2, 0.25) is 12.7 Å². The van der Waals surface area contributed by atoms with Crippen LogP contribution in [0.5, 0.6) is 11.5 Å². The Hall–Kier alpha value is -1.75. The first-order valence-corrected chi connectivity index (χ1v) is 8.07. The number of hydrogen-bond acceptors (Lipinski definition) is 4. The van der Waals surface area contributed by atoms with Crippen molar-refractivity contribution in [2.75, 3.05) is 26.4 Å². The Morgan fingerprint density at radius 2 is 1.91 bits per heavy atom. The number of amides is 1. The standard InChI is InChI=1S/C17H26N2O3/c1-3-7-19(8-4-2)17(20)10-14(11-18)13-5-6-15-16(9-13)22-12-21-15/h5-6,9,14H,3-4,7-8,10-12,18H2,1-2H3. The molecule has 1 heterocycles. The number of ether oxygens (including phenoxy) is 2. The molecule has 0 aliphatic carbocycles. The lowest BCUT2D eigenvalue weighted by molar-refractivity contribution is -0.131. The third-order valence-electron chi connectivity index (χ3n) is 3.91. The zero-order valence-electron chi connectivity index (χ0n) is 13.5. The van der Waals surface area contributed by atoms with Crippen LogP contribution in [0.2, 0.25) is 0 Å². The van der Waals surface area contributed by atoms with Gasteiger partial charge < -0.3 is 20.1 Å². The van der Waals surface area contributed by atoms with Crippen molar-refractivity contribution in [2.24, 2.45) is 5.73 Å². The van der Waals surface area contributed by atoms with Gasteiger partial charge >= 0.3 is 0 Å². The van der Waals surface area contributed by atoms with E-state index in [-0.39, 0.29) is 18.6 Å². The van der Waals surface area contributed by atoms with E-state index in [2.05, 4.69) is 13.8 Å². The van der Waals surface area contributed by atoms with Crippen LogP contribution in [-0.4, -0.2) is 37.2 Å². The highest BCUT2D eigenvalue weighted by molar-refractivity contribution is 5.77. The second-order valence-corrected chi connectivity index (χ2v) is 5.63. The van der Waals surface area contributed by atoms with Gasteiger partial charge in [-0.1, -0.05) is 19.9 Å². The molecule has 0 spiro atoms. The maximum absolute atomic E-state index is 12.5. The summed E-state index contributed by atoms with van der Waals surface area (Å²) in [6.07, 6.45) is 2.39. The number of nitrogens with two attached hydrogens (primary N) is 1. The molecule has 0 aromatic heterocycles. The minimum absolute atomic E-state index is 0.0122. The molecule has 5 heteroatoms. The average molecular weight is 306 g/mol. The first-order valence-electron chi connectivity index (χ1n) is 8.07. The van der Waals surface area contributed by atoms with Crippen molar-refractivity contribution in [1.82, 2.24) is 4.90 Å². The summed E-state index contributed by atoms with van der Waals surface area (Å²) in [6.45, 7) is 6.50. The van der Waals surface area contributed by atoms with Crippen LogP contribution < -0.4 is 15.2 Å². The summed E-state index contributed by atoms with van der Waals surface area (Å²) >= 11 is 0. The molecule has 1 unspecified atom stereocenters. The molecule has 0 radical (unpaired) electrons. The zero-order valence-corrected chi connectivity index (χ0v) is 13.5. The van der Waals surface area contributed by atoms with Crippen LogP contribution in [-0.2, 0) is 4.79 Å². The van der Waals surface area contributed by atoms with Crippen LogP contribution in [0.15, 0.2) is 18.2 Å². The number of carbonyl (C=O) groups excluding carboxylic acids is 1. The Morgan fingerprint density at radius 3 is 2.55 bits per heavy atom. The second kappa shape index (κ2) is 8.03. The van der Waals surface area contributed by atoms with E-state index in [0.717, 1.165) is 43.0 Å². The number of fused-ring (bicyclic) bond motifs is 1. The van der Waals surface area contributed by atoms with Gasteiger partial charge in [0.1, 0.15) is 0 Å². The number of carbonyl (C=O) groups is 1. The van der Waals surface area contributed by atoms with Gasteiger partial charge in [0.15, 0.2) is 11.5 Å². The maximum atomic E-state index is 12.5. The van der Waals surface area contributed by atoms with E-state index < -0.39 is 0 Å². The van der Waals surface area contributed by atoms with E-state index in [9.17, 15) is 4.79 Å². The van der Waals surface area contributed by atoms with Crippen molar-refractivity contribution in [3.05, 3.63) is 23.8 Å². The fourth-order valence-corrected chi connectivity index (χ4v) is 2.75. The number of hydrogen-bond donors (Lipinski definition) is 1. The fraction of sp³-hybridized carbons (Fsp3) is 0.588. The third-order valence-corrected chi connectivity index (χ3v) is 3.91. The van der Waals surface area contributed by atoms with Gasteiger partial charge in [-0.2, -0.15) is 0 Å². The molecule has 2 N–H and O–H groups in total. The van der Waals surface area contributed by atoms with Crippen molar-refractivity contribution in [3.8, 4) is 11.5 Å². The van der Waals surface area contributed by atoms with E-state index >= 15 is 0 Å². The molecule has 1 aromatic rings. The predicted octanol–water partition coefficient (Wildman–Crippen LogP) is 2.50. The Balaban J connectivity index is 2.06. The summed E-state index contributed by atoms with van der Waals surface area (Å²) in [7, 11) is 0. The predicted molar refractivity (Wildman–Crippen MR) is 86.1 cm³/mol. The summed E-state index contributed by atoms with van der Waals surface area (Å²) < 4.78 is 10.7. The number of benzene rings is 1. The van der Waals surface area contributed by atoms with Gasteiger partial charge in [0, 0.05) is 25.4 Å². The largest absolute Gasteiger partial charge is 0.454 e. The minimum Gasteiger partial charge on any atom is -0.454 e. The lowest BCUT2D eigenvalue weighted by Crippen LogP contribution is -2.34. The zero-order chi connectivity index (χ0) is 15.9. The minimum atomic E-state index is 0.0122. The molecule has 1 aromatic carbocycles. The van der Waals surface area contributed by atoms with Gasteiger partial charge in [-0.25, -0.2) is 0 Å². The Labute approximate surface area is 132 Å². The molecule has 22 heavy (non-hydrogen) atoms. The molecule has 1 atom stereocenters. The molecule has 5 nitrogen and oxygen atoms in total. The third kappa shape index (κ3) is 3.91. The van der Waals surface area contributed by atoms with E-state index in [0.29, 0.717) is 13.0 Å². The van der Waals surface area contributed by atoms with E-state index in [4.69, 9.17) is 15.2 Å². The monoisotopic (exact) mass is 306 g/mol. The highest BCUT2D eigenvalue weighted by atomic mass is 16.7. The van der Waals surface area contributed by atoms with Crippen LogP contribution in [0.3, 0.4) is 0 Å². The Bertz CT molecular complexity index is 499. The molecule has 122 valence electrons. The van der Waals surface area contributed by atoms with Crippen LogP contribution in [0.4, 0.5) is 0 Å². The second-order valence-electron chi connectivity index (χ2n) is 5.63. The molecular formula is C17H26N2O3. The van der Waals surface area contributed by atoms with Crippen LogP contribution in [0.1, 0.15) is 44.6 Å². The van der Waals surface area contributed by atoms with Crippen molar-refractivity contribution >= 4 is 5.91 Å². The normalized spacial score (nSPS) is 14.0. The molecule has 1 aliphatic rings. The lowest BCUT2D eigenvalue weighted by Gasteiger charge is -2.24. The van der Waals surface area contributed by atoms with Crippen LogP contribution in [0.25, 0.3) is 0 Å². The molecule has 0 saturated carbocycles. The van der Waals surface area contributed by atoms with Crippen LogP contribution >= 0.6 is 0 Å². The number of nitrogens with zero attached hydrogens (tertiary/aromatic N) is 1. The summed E-state index contributed by atoms with van der Waals surface area (Å²) in [5.74, 6) is 1.68. The van der Waals surface area contributed by atoms with E-state index in [1.54, 1.807) is 0 Å². The highest BCUT2D eigenvalue weighted by Gasteiger charge is 2.21. The molecule has 0 bridgehead atoms. The van der Waals surface area contributed by atoms with E-state index in [1.807, 2.05) is 23.1 Å². The summed E-state index contributed by atoms with van der Waals surface area (Å²) in [5.41, 5.74) is 6.94. The average Bonchev–Trinajstić information content (AvgIpc) is 2.99. The SMILES string of the molecule is CCCN(CCC)C(=O)CC(CN)c1ccc2c(c1)OCO2. The number of rotatable bonds is 8. The van der Waals surface area contributed by atoms with Gasteiger partial charge in [0.25, 0.3) is 0 Å². The molecule has 0 saturated heterocycles. The van der Waals surface area contributed by atoms with E-state index in [1.165, 1.54) is 0 Å². The maximum Gasteiger partial charge on any atom is 0.231 e. The van der Waals surface area contributed by atoms with Crippen molar-refractivity contribution in [3.63, 3.8) is 0 Å².